The smallest absolute Gasteiger partial charge is 0.347 e. The molecule has 1 aromatic carbocycles. The van der Waals surface area contributed by atoms with Crippen molar-refractivity contribution in [1.29, 1.82) is 0 Å². The lowest BCUT2D eigenvalue weighted by Crippen LogP contribution is -2.48. The Bertz CT molecular complexity index is 559. The van der Waals surface area contributed by atoms with Crippen molar-refractivity contribution >= 4 is 27.7 Å². The number of carbonyl (C=O) groups is 2. The highest BCUT2D eigenvalue weighted by Gasteiger charge is 2.52. The van der Waals surface area contributed by atoms with Crippen molar-refractivity contribution in [1.82, 2.24) is 0 Å². The number of rotatable bonds is 1. The number of fused-ring (bicyclic) bond motifs is 1. The van der Waals surface area contributed by atoms with Gasteiger partial charge in [-0.1, -0.05) is 15.9 Å². The molecule has 0 spiro atoms. The Hall–Kier alpha value is -1.20. The predicted molar refractivity (Wildman–Crippen MR) is 73.0 cm³/mol. The standard InChI is InChI=1S/C14H15BrO4/c1-13(2,3)19-12(17)14(18)7-8-6-9(15)4-5-10(8)11(14)16/h4-6,18H,7H2,1-3H3/t14-/m0/s1. The molecule has 1 aliphatic rings. The Balaban J connectivity index is 2.34. The van der Waals surface area contributed by atoms with E-state index in [1.165, 1.54) is 0 Å². The summed E-state index contributed by atoms with van der Waals surface area (Å²) in [4.78, 5) is 24.2. The van der Waals surface area contributed by atoms with Gasteiger partial charge in [-0.2, -0.15) is 0 Å². The van der Waals surface area contributed by atoms with Crippen LogP contribution < -0.4 is 0 Å². The van der Waals surface area contributed by atoms with Gasteiger partial charge in [-0.05, 0) is 44.5 Å². The highest BCUT2D eigenvalue weighted by molar-refractivity contribution is 9.10. The quantitative estimate of drug-likeness (QED) is 0.635. The number of benzene rings is 1. The summed E-state index contributed by atoms with van der Waals surface area (Å²) in [5.74, 6) is -1.48. The van der Waals surface area contributed by atoms with E-state index in [1.807, 2.05) is 0 Å². The van der Waals surface area contributed by atoms with Crippen LogP contribution in [0.25, 0.3) is 0 Å². The Morgan fingerprint density at radius 2 is 2.05 bits per heavy atom. The molecule has 0 fully saturated rings. The van der Waals surface area contributed by atoms with Crippen LogP contribution in [0.2, 0.25) is 0 Å². The Kier molecular flexibility index (Phi) is 3.31. The van der Waals surface area contributed by atoms with Crippen LogP contribution in [-0.2, 0) is 16.0 Å². The number of Topliss-reactive ketones (excluding diaryl/α,β-unsaturated/α-hetero) is 1. The molecule has 0 heterocycles. The van der Waals surface area contributed by atoms with Gasteiger partial charge in [-0.25, -0.2) is 4.79 Å². The molecule has 1 aromatic rings. The summed E-state index contributed by atoms with van der Waals surface area (Å²) in [6, 6.07) is 5.04. The summed E-state index contributed by atoms with van der Waals surface area (Å²) >= 11 is 3.30. The monoisotopic (exact) mass is 326 g/mol. The van der Waals surface area contributed by atoms with Crippen molar-refractivity contribution in [3.63, 3.8) is 0 Å². The van der Waals surface area contributed by atoms with E-state index in [9.17, 15) is 14.7 Å². The number of hydrogen-bond donors (Lipinski definition) is 1. The van der Waals surface area contributed by atoms with Gasteiger partial charge in [-0.3, -0.25) is 4.79 Å². The maximum Gasteiger partial charge on any atom is 0.347 e. The van der Waals surface area contributed by atoms with Crippen LogP contribution in [0.1, 0.15) is 36.7 Å². The average molecular weight is 327 g/mol. The van der Waals surface area contributed by atoms with Crippen molar-refractivity contribution in [3.05, 3.63) is 33.8 Å². The molecule has 1 aliphatic carbocycles. The molecule has 102 valence electrons. The first-order valence-corrected chi connectivity index (χ1v) is 6.72. The maximum absolute atomic E-state index is 12.2. The molecule has 0 aliphatic heterocycles. The lowest BCUT2D eigenvalue weighted by atomic mass is 9.99. The number of ketones is 1. The van der Waals surface area contributed by atoms with E-state index in [-0.39, 0.29) is 6.42 Å². The van der Waals surface area contributed by atoms with E-state index in [0.29, 0.717) is 11.1 Å². The van der Waals surface area contributed by atoms with Gasteiger partial charge in [0.25, 0.3) is 0 Å². The molecule has 0 unspecified atom stereocenters. The first-order valence-electron chi connectivity index (χ1n) is 5.92. The normalized spacial score (nSPS) is 22.3. The third-order valence-corrected chi connectivity index (χ3v) is 3.36. The molecule has 1 atom stereocenters. The molecular weight excluding hydrogens is 312 g/mol. The van der Waals surface area contributed by atoms with E-state index in [2.05, 4.69) is 15.9 Å². The van der Waals surface area contributed by atoms with Gasteiger partial charge in [-0.15, -0.1) is 0 Å². The van der Waals surface area contributed by atoms with Crippen LogP contribution in [0, 0.1) is 0 Å². The van der Waals surface area contributed by atoms with Gasteiger partial charge in [0.2, 0.25) is 11.4 Å². The summed E-state index contributed by atoms with van der Waals surface area (Å²) in [7, 11) is 0. The Morgan fingerprint density at radius 1 is 1.42 bits per heavy atom. The fraction of sp³-hybridized carbons (Fsp3) is 0.429. The molecule has 0 saturated carbocycles. The average Bonchev–Trinajstić information content (AvgIpc) is 2.49. The highest BCUT2D eigenvalue weighted by Crippen LogP contribution is 2.33. The number of halogens is 1. The lowest BCUT2D eigenvalue weighted by Gasteiger charge is -2.25. The third kappa shape index (κ3) is 2.58. The van der Waals surface area contributed by atoms with E-state index >= 15 is 0 Å². The van der Waals surface area contributed by atoms with E-state index < -0.39 is 23.0 Å². The molecule has 0 aromatic heterocycles. The zero-order valence-electron chi connectivity index (χ0n) is 11.0. The minimum atomic E-state index is -2.10. The van der Waals surface area contributed by atoms with Gasteiger partial charge < -0.3 is 9.84 Å². The number of carbonyl (C=O) groups excluding carboxylic acids is 2. The third-order valence-electron chi connectivity index (χ3n) is 2.87. The molecule has 0 radical (unpaired) electrons. The minimum absolute atomic E-state index is 0.0461. The second-order valence-electron chi connectivity index (χ2n) is 5.67. The number of aliphatic hydroxyl groups is 1. The highest BCUT2D eigenvalue weighted by atomic mass is 79.9. The van der Waals surface area contributed by atoms with Crippen LogP contribution >= 0.6 is 15.9 Å². The summed E-state index contributed by atoms with van der Waals surface area (Å²) in [5, 5.41) is 10.4. The van der Waals surface area contributed by atoms with Crippen molar-refractivity contribution in [2.24, 2.45) is 0 Å². The van der Waals surface area contributed by atoms with E-state index in [1.54, 1.807) is 39.0 Å². The lowest BCUT2D eigenvalue weighted by molar-refractivity contribution is -0.171. The van der Waals surface area contributed by atoms with Gasteiger partial charge in [0.15, 0.2) is 0 Å². The van der Waals surface area contributed by atoms with Crippen LogP contribution in [0.4, 0.5) is 0 Å². The van der Waals surface area contributed by atoms with E-state index in [4.69, 9.17) is 4.74 Å². The van der Waals surface area contributed by atoms with Crippen LogP contribution in [0.15, 0.2) is 22.7 Å². The fourth-order valence-electron chi connectivity index (χ4n) is 2.04. The fourth-order valence-corrected chi connectivity index (χ4v) is 2.44. The van der Waals surface area contributed by atoms with Gasteiger partial charge in [0, 0.05) is 16.5 Å². The molecule has 1 N–H and O–H groups in total. The summed E-state index contributed by atoms with van der Waals surface area (Å²) in [6.07, 6.45) is -0.0461. The van der Waals surface area contributed by atoms with Crippen molar-refractivity contribution < 1.29 is 19.4 Å². The Morgan fingerprint density at radius 3 is 2.63 bits per heavy atom. The number of ether oxygens (including phenoxy) is 1. The van der Waals surface area contributed by atoms with Crippen molar-refractivity contribution in [2.75, 3.05) is 0 Å². The molecule has 5 heteroatoms. The molecule has 0 saturated heterocycles. The molecule has 4 nitrogen and oxygen atoms in total. The summed E-state index contributed by atoms with van der Waals surface area (Å²) < 4.78 is 5.93. The van der Waals surface area contributed by atoms with Crippen molar-refractivity contribution in [3.8, 4) is 0 Å². The van der Waals surface area contributed by atoms with Gasteiger partial charge >= 0.3 is 5.97 Å². The number of esters is 1. The zero-order chi connectivity index (χ0) is 14.4. The first kappa shape index (κ1) is 14.2. The first-order chi connectivity index (χ1) is 8.63. The van der Waals surface area contributed by atoms with Crippen LogP contribution in [-0.4, -0.2) is 28.1 Å². The second-order valence-corrected chi connectivity index (χ2v) is 6.59. The molecular formula is C14H15BrO4. The van der Waals surface area contributed by atoms with Gasteiger partial charge in [0.1, 0.15) is 5.60 Å². The van der Waals surface area contributed by atoms with Gasteiger partial charge in [0.05, 0.1) is 0 Å². The zero-order valence-corrected chi connectivity index (χ0v) is 12.6. The summed E-state index contributed by atoms with van der Waals surface area (Å²) in [5.41, 5.74) is -1.83. The Labute approximate surface area is 119 Å². The van der Waals surface area contributed by atoms with Crippen LogP contribution in [0.3, 0.4) is 0 Å². The SMILES string of the molecule is CC(C)(C)OC(=O)[C@]1(O)Cc2cc(Br)ccc2C1=O. The molecule has 0 bridgehead atoms. The largest absolute Gasteiger partial charge is 0.457 e. The topological polar surface area (TPSA) is 63.6 Å². The predicted octanol–water partition coefficient (Wildman–Crippen LogP) is 2.26. The van der Waals surface area contributed by atoms with E-state index in [0.717, 1.165) is 4.47 Å². The van der Waals surface area contributed by atoms with Crippen LogP contribution in [0.5, 0.6) is 0 Å². The summed E-state index contributed by atoms with van der Waals surface area (Å²) in [6.45, 7) is 5.08. The number of hydrogen-bond acceptors (Lipinski definition) is 4. The molecule has 2 rings (SSSR count). The minimum Gasteiger partial charge on any atom is -0.457 e. The maximum atomic E-state index is 12.2. The molecule has 0 amide bonds. The van der Waals surface area contributed by atoms with Crippen molar-refractivity contribution in [2.45, 2.75) is 38.4 Å². The second kappa shape index (κ2) is 4.42. The molecule has 19 heavy (non-hydrogen) atoms.